The number of amides is 1. The van der Waals surface area contributed by atoms with E-state index in [1.54, 1.807) is 20.8 Å². The number of benzene rings is 1. The van der Waals surface area contributed by atoms with Gasteiger partial charge in [0.15, 0.2) is 0 Å². The third-order valence-electron chi connectivity index (χ3n) is 2.78. The Balaban J connectivity index is 2.64. The molecule has 0 heterocycles. The topological polar surface area (TPSA) is 81.7 Å². The number of carbonyl (C=O) groups is 3. The van der Waals surface area contributed by atoms with Crippen molar-refractivity contribution in [3.63, 3.8) is 0 Å². The Hall–Kier alpha value is -1.89. The van der Waals surface area contributed by atoms with Gasteiger partial charge >= 0.3 is 12.1 Å². The van der Waals surface area contributed by atoms with E-state index in [0.717, 1.165) is 5.56 Å². The van der Waals surface area contributed by atoms with Crippen molar-refractivity contribution in [3.8, 4) is 0 Å². The lowest BCUT2D eigenvalue weighted by Crippen LogP contribution is -2.45. The zero-order valence-electron chi connectivity index (χ0n) is 14.0. The first kappa shape index (κ1) is 20.2. The monoisotopic (exact) mass is 399 g/mol. The molecule has 0 fully saturated rings. The van der Waals surface area contributed by atoms with Crippen LogP contribution in [0.5, 0.6) is 0 Å². The molecule has 24 heavy (non-hydrogen) atoms. The largest absolute Gasteiger partial charge is 0.458 e. The van der Waals surface area contributed by atoms with E-state index in [9.17, 15) is 14.4 Å². The molecule has 6 nitrogen and oxygen atoms in total. The number of ether oxygens (including phenoxy) is 2. The van der Waals surface area contributed by atoms with Crippen LogP contribution in [0, 0.1) is 0 Å². The lowest BCUT2D eigenvalue weighted by molar-refractivity contribution is -0.158. The average Bonchev–Trinajstić information content (AvgIpc) is 2.51. The lowest BCUT2D eigenvalue weighted by Gasteiger charge is -2.24. The summed E-state index contributed by atoms with van der Waals surface area (Å²) in [7, 11) is 0. The summed E-state index contributed by atoms with van der Waals surface area (Å²) in [4.78, 5) is 35.7. The zero-order valence-corrected chi connectivity index (χ0v) is 15.6. The number of hydrogen-bond acceptors (Lipinski definition) is 5. The van der Waals surface area contributed by atoms with E-state index in [0.29, 0.717) is 0 Å². The first-order valence-electron chi connectivity index (χ1n) is 7.49. The van der Waals surface area contributed by atoms with E-state index in [-0.39, 0.29) is 24.1 Å². The molecule has 0 unspecified atom stereocenters. The van der Waals surface area contributed by atoms with Gasteiger partial charge in [-0.15, -0.1) is 0 Å². The summed E-state index contributed by atoms with van der Waals surface area (Å²) >= 11 is 3.04. The van der Waals surface area contributed by atoms with Crippen molar-refractivity contribution in [2.24, 2.45) is 0 Å². The molecule has 1 N–H and O–H groups in total. The van der Waals surface area contributed by atoms with Crippen molar-refractivity contribution >= 4 is 33.8 Å². The fraction of sp³-hybridized carbons (Fsp3) is 0.471. The molecule has 0 aliphatic carbocycles. The predicted molar refractivity (Wildman–Crippen MR) is 92.8 cm³/mol. The fourth-order valence-electron chi connectivity index (χ4n) is 1.76. The molecule has 132 valence electrons. The number of nitrogens with one attached hydrogen (secondary N) is 1. The molecule has 0 radical (unpaired) electrons. The minimum atomic E-state index is -1.09. The molecule has 0 spiro atoms. The summed E-state index contributed by atoms with van der Waals surface area (Å²) in [6, 6.07) is 8.05. The number of hydrogen-bond donors (Lipinski definition) is 1. The van der Waals surface area contributed by atoms with Gasteiger partial charge in [0.2, 0.25) is 0 Å². The second kappa shape index (κ2) is 9.42. The predicted octanol–water partition coefficient (Wildman–Crippen LogP) is 2.98. The van der Waals surface area contributed by atoms with Gasteiger partial charge in [-0.25, -0.2) is 9.59 Å². The highest BCUT2D eigenvalue weighted by atomic mass is 79.9. The number of esters is 1. The second-order valence-electron chi connectivity index (χ2n) is 6.17. The van der Waals surface area contributed by atoms with Gasteiger partial charge in [0.05, 0.1) is 5.33 Å². The molecule has 0 aromatic heterocycles. The summed E-state index contributed by atoms with van der Waals surface area (Å²) in [5.41, 5.74) is 0.0978. The Morgan fingerprint density at radius 1 is 1.17 bits per heavy atom. The number of halogens is 1. The first-order chi connectivity index (χ1) is 11.2. The van der Waals surface area contributed by atoms with E-state index in [2.05, 4.69) is 21.2 Å². The molecule has 0 bridgehead atoms. The van der Waals surface area contributed by atoms with E-state index < -0.39 is 23.7 Å². The maximum atomic E-state index is 12.2. The maximum absolute atomic E-state index is 12.2. The van der Waals surface area contributed by atoms with E-state index in [4.69, 9.17) is 9.47 Å². The van der Waals surface area contributed by atoms with Crippen LogP contribution in [0.25, 0.3) is 0 Å². The van der Waals surface area contributed by atoms with Crippen LogP contribution in [0.15, 0.2) is 30.3 Å². The highest BCUT2D eigenvalue weighted by molar-refractivity contribution is 9.09. The summed E-state index contributed by atoms with van der Waals surface area (Å²) in [5.74, 6) is -0.900. The van der Waals surface area contributed by atoms with Crippen LogP contribution in [0.2, 0.25) is 0 Å². The molecule has 1 rings (SSSR count). The van der Waals surface area contributed by atoms with Crippen molar-refractivity contribution in [1.82, 2.24) is 5.32 Å². The SMILES string of the molecule is CC(C)(C)OC(=O)[C@H](CC(=O)CBr)NC(=O)OCc1ccccc1. The van der Waals surface area contributed by atoms with Crippen molar-refractivity contribution in [2.45, 2.75) is 45.4 Å². The summed E-state index contributed by atoms with van der Waals surface area (Å²) in [5, 5.41) is 2.49. The molecule has 1 aromatic carbocycles. The van der Waals surface area contributed by atoms with Gasteiger partial charge in [-0.2, -0.15) is 0 Å². The number of Topliss-reactive ketones (excluding diaryl/α,β-unsaturated/α-hetero) is 1. The lowest BCUT2D eigenvalue weighted by atomic mass is 10.1. The second-order valence-corrected chi connectivity index (χ2v) is 6.73. The Labute approximate surface area is 150 Å². The molecule has 1 amide bonds. The number of carbonyl (C=O) groups excluding carboxylic acids is 3. The van der Waals surface area contributed by atoms with Crippen LogP contribution >= 0.6 is 15.9 Å². The zero-order chi connectivity index (χ0) is 18.2. The number of alkyl halides is 1. The van der Waals surface area contributed by atoms with Gasteiger partial charge < -0.3 is 14.8 Å². The maximum Gasteiger partial charge on any atom is 0.408 e. The normalized spacial score (nSPS) is 12.2. The van der Waals surface area contributed by atoms with Gasteiger partial charge in [0.1, 0.15) is 24.0 Å². The fourth-order valence-corrected chi connectivity index (χ4v) is 1.98. The minimum Gasteiger partial charge on any atom is -0.458 e. The van der Waals surface area contributed by atoms with Crippen molar-refractivity contribution < 1.29 is 23.9 Å². The summed E-state index contributed by atoms with van der Waals surface area (Å²) in [6.07, 6.45) is -0.947. The molecule has 1 atom stereocenters. The Morgan fingerprint density at radius 3 is 2.33 bits per heavy atom. The van der Waals surface area contributed by atoms with Crippen LogP contribution in [-0.2, 0) is 25.7 Å². The first-order valence-corrected chi connectivity index (χ1v) is 8.61. The summed E-state index contributed by atoms with van der Waals surface area (Å²) < 4.78 is 10.3. The average molecular weight is 400 g/mol. The quantitative estimate of drug-likeness (QED) is 0.562. The van der Waals surface area contributed by atoms with E-state index in [1.807, 2.05) is 30.3 Å². The molecular formula is C17H22BrNO5. The van der Waals surface area contributed by atoms with E-state index >= 15 is 0 Å². The minimum absolute atomic E-state index is 0.0695. The molecule has 0 saturated heterocycles. The standard InChI is InChI=1S/C17H22BrNO5/c1-17(2,3)24-15(21)14(9-13(20)10-18)19-16(22)23-11-12-7-5-4-6-8-12/h4-8,14H,9-11H2,1-3H3,(H,19,22)/t14-/m0/s1. The van der Waals surface area contributed by atoms with E-state index in [1.165, 1.54) is 0 Å². The van der Waals surface area contributed by atoms with Gasteiger partial charge in [-0.3, -0.25) is 4.79 Å². The highest BCUT2D eigenvalue weighted by Gasteiger charge is 2.28. The molecule has 7 heteroatoms. The summed E-state index contributed by atoms with van der Waals surface area (Å²) in [6.45, 7) is 5.20. The third-order valence-corrected chi connectivity index (χ3v) is 3.40. The van der Waals surface area contributed by atoms with Crippen LogP contribution in [0.1, 0.15) is 32.8 Å². The Bertz CT molecular complexity index is 568. The van der Waals surface area contributed by atoms with Crippen molar-refractivity contribution in [3.05, 3.63) is 35.9 Å². The smallest absolute Gasteiger partial charge is 0.408 e. The Morgan fingerprint density at radius 2 is 1.79 bits per heavy atom. The van der Waals surface area contributed by atoms with Crippen LogP contribution in [0.4, 0.5) is 4.79 Å². The van der Waals surface area contributed by atoms with Crippen molar-refractivity contribution in [2.75, 3.05) is 5.33 Å². The Kier molecular flexibility index (Phi) is 7.91. The van der Waals surface area contributed by atoms with Crippen LogP contribution in [0.3, 0.4) is 0 Å². The molecule has 0 aliphatic heterocycles. The molecule has 0 saturated carbocycles. The number of alkyl carbamates (subject to hydrolysis) is 1. The van der Waals surface area contributed by atoms with Gasteiger partial charge in [0, 0.05) is 6.42 Å². The van der Waals surface area contributed by atoms with Gasteiger partial charge in [0.25, 0.3) is 0 Å². The molecule has 0 aliphatic rings. The van der Waals surface area contributed by atoms with Crippen molar-refractivity contribution in [1.29, 1.82) is 0 Å². The molecular weight excluding hydrogens is 378 g/mol. The number of rotatable bonds is 7. The van der Waals surface area contributed by atoms with Crippen LogP contribution < -0.4 is 5.32 Å². The molecule has 1 aromatic rings. The highest BCUT2D eigenvalue weighted by Crippen LogP contribution is 2.11. The van der Waals surface area contributed by atoms with Gasteiger partial charge in [-0.05, 0) is 26.3 Å². The van der Waals surface area contributed by atoms with Gasteiger partial charge in [-0.1, -0.05) is 46.3 Å². The van der Waals surface area contributed by atoms with Crippen LogP contribution in [-0.4, -0.2) is 34.8 Å². The third kappa shape index (κ3) is 8.10. The number of ketones is 1.